The molecule has 127 valence electrons. The Morgan fingerprint density at radius 2 is 2.04 bits per heavy atom. The first-order valence-corrected chi connectivity index (χ1v) is 6.94. The number of hydrogen-bond donors (Lipinski definition) is 3. The van der Waals surface area contributed by atoms with Gasteiger partial charge in [0.1, 0.15) is 11.6 Å². The van der Waals surface area contributed by atoms with Crippen molar-refractivity contribution in [1.29, 1.82) is 0 Å². The van der Waals surface area contributed by atoms with Gasteiger partial charge in [0.2, 0.25) is 12.2 Å². The summed E-state index contributed by atoms with van der Waals surface area (Å²) >= 11 is 0. The Kier molecular flexibility index (Phi) is 6.05. The molecule has 1 atom stereocenters. The highest BCUT2D eigenvalue weighted by Gasteiger charge is 2.20. The molecular weight excluding hydrogens is 306 g/mol. The lowest BCUT2D eigenvalue weighted by atomic mass is 10.2. The first-order valence-electron chi connectivity index (χ1n) is 6.94. The molecule has 3 N–H and O–H groups in total. The summed E-state index contributed by atoms with van der Waals surface area (Å²) in [5.41, 5.74) is -2.34. The van der Waals surface area contributed by atoms with Crippen LogP contribution in [0.4, 0.5) is 4.79 Å². The van der Waals surface area contributed by atoms with Crippen LogP contribution in [-0.4, -0.2) is 45.0 Å². The second-order valence-corrected chi connectivity index (χ2v) is 5.77. The summed E-state index contributed by atoms with van der Waals surface area (Å²) in [5.74, 6) is -0.457. The van der Waals surface area contributed by atoms with Crippen LogP contribution in [0.2, 0.25) is 0 Å². The topological polar surface area (TPSA) is 135 Å². The third-order valence-corrected chi connectivity index (χ3v) is 2.53. The Labute approximate surface area is 132 Å². The molecule has 0 bridgehead atoms. The maximum atomic E-state index is 11.8. The lowest BCUT2D eigenvalue weighted by Crippen LogP contribution is -2.47. The second kappa shape index (κ2) is 7.56. The minimum atomic E-state index is -0.866. The van der Waals surface area contributed by atoms with Gasteiger partial charge < -0.3 is 15.4 Å². The van der Waals surface area contributed by atoms with Crippen LogP contribution in [0, 0.1) is 6.33 Å². The van der Waals surface area contributed by atoms with Crippen molar-refractivity contribution in [2.45, 2.75) is 45.9 Å². The summed E-state index contributed by atoms with van der Waals surface area (Å²) in [6.45, 7) is 6.72. The fourth-order valence-electron chi connectivity index (χ4n) is 1.50. The van der Waals surface area contributed by atoms with Gasteiger partial charge in [-0.25, -0.2) is 9.89 Å². The number of aromatic amines is 1. The van der Waals surface area contributed by atoms with Crippen LogP contribution in [0.3, 0.4) is 0 Å². The molecule has 0 aromatic carbocycles. The molecule has 0 unspecified atom stereocenters. The van der Waals surface area contributed by atoms with E-state index in [1.165, 1.54) is 6.92 Å². The highest BCUT2D eigenvalue weighted by molar-refractivity contribution is 5.85. The van der Waals surface area contributed by atoms with E-state index in [1.807, 2.05) is 5.10 Å². The van der Waals surface area contributed by atoms with Crippen LogP contribution in [0.25, 0.3) is 0 Å². The fraction of sp³-hybridized carbons (Fsp3) is 0.615. The first kappa shape index (κ1) is 18.4. The zero-order valence-corrected chi connectivity index (χ0v) is 13.4. The van der Waals surface area contributed by atoms with E-state index in [2.05, 4.69) is 22.1 Å². The molecule has 0 aliphatic carbocycles. The van der Waals surface area contributed by atoms with E-state index in [-0.39, 0.29) is 13.1 Å². The molecule has 0 fully saturated rings. The Bertz CT molecular complexity index is 672. The minimum absolute atomic E-state index is 0.0284. The second-order valence-electron chi connectivity index (χ2n) is 5.77. The van der Waals surface area contributed by atoms with Gasteiger partial charge in [0.15, 0.2) is 0 Å². The highest BCUT2D eigenvalue weighted by Crippen LogP contribution is 2.06. The SMILES string of the molecule is C[C@H](NC(=O)OC(C)(C)C)C(=O)NCCn1[c]n[nH]c(=O)c1=O. The number of alkyl carbamates (subject to hydrolysis) is 1. The van der Waals surface area contributed by atoms with E-state index in [9.17, 15) is 19.2 Å². The lowest BCUT2D eigenvalue weighted by molar-refractivity contribution is -0.122. The Morgan fingerprint density at radius 3 is 2.65 bits per heavy atom. The average molecular weight is 326 g/mol. The number of amides is 2. The highest BCUT2D eigenvalue weighted by atomic mass is 16.6. The van der Waals surface area contributed by atoms with Gasteiger partial charge >= 0.3 is 17.2 Å². The Morgan fingerprint density at radius 1 is 1.39 bits per heavy atom. The van der Waals surface area contributed by atoms with E-state index in [1.54, 1.807) is 20.8 Å². The molecule has 0 aliphatic rings. The summed E-state index contributed by atoms with van der Waals surface area (Å²) in [6.07, 6.45) is 1.59. The van der Waals surface area contributed by atoms with E-state index in [0.29, 0.717) is 0 Å². The van der Waals surface area contributed by atoms with Crippen LogP contribution in [0.1, 0.15) is 27.7 Å². The quantitative estimate of drug-likeness (QED) is 0.579. The van der Waals surface area contributed by atoms with Crippen molar-refractivity contribution in [3.63, 3.8) is 0 Å². The molecular formula is C13H20N5O5. The number of carbonyl (C=O) groups is 2. The molecule has 0 saturated carbocycles. The molecule has 10 heteroatoms. The molecule has 23 heavy (non-hydrogen) atoms. The summed E-state index contributed by atoms with van der Waals surface area (Å²) in [6, 6.07) is -0.817. The molecule has 10 nitrogen and oxygen atoms in total. The van der Waals surface area contributed by atoms with Crippen LogP contribution in [0.15, 0.2) is 9.59 Å². The van der Waals surface area contributed by atoms with Crippen molar-refractivity contribution in [3.8, 4) is 0 Å². The van der Waals surface area contributed by atoms with Gasteiger partial charge in [-0.05, 0) is 27.7 Å². The van der Waals surface area contributed by atoms with Crippen LogP contribution in [0.5, 0.6) is 0 Å². The van der Waals surface area contributed by atoms with Crippen molar-refractivity contribution in [3.05, 3.63) is 27.0 Å². The number of ether oxygens (including phenoxy) is 1. The number of nitrogens with one attached hydrogen (secondary N) is 3. The van der Waals surface area contributed by atoms with Crippen LogP contribution < -0.4 is 21.8 Å². The van der Waals surface area contributed by atoms with Gasteiger partial charge in [-0.1, -0.05) is 0 Å². The summed E-state index contributed by atoms with van der Waals surface area (Å²) in [7, 11) is 0. The van der Waals surface area contributed by atoms with Gasteiger partial charge in [-0.15, -0.1) is 0 Å². The Hall–Kier alpha value is -2.65. The van der Waals surface area contributed by atoms with Crippen LogP contribution in [-0.2, 0) is 16.1 Å². The van der Waals surface area contributed by atoms with Crippen molar-refractivity contribution in [1.82, 2.24) is 25.4 Å². The third kappa shape index (κ3) is 6.32. The number of nitrogens with zero attached hydrogens (tertiary/aromatic N) is 2. The molecule has 0 aliphatic heterocycles. The molecule has 2 amide bonds. The monoisotopic (exact) mass is 326 g/mol. The Balaban J connectivity index is 2.44. The van der Waals surface area contributed by atoms with Crippen molar-refractivity contribution in [2.24, 2.45) is 0 Å². The predicted octanol–water partition coefficient (Wildman–Crippen LogP) is -1.24. The van der Waals surface area contributed by atoms with Crippen molar-refractivity contribution in [2.75, 3.05) is 6.54 Å². The van der Waals surface area contributed by atoms with Gasteiger partial charge in [0.05, 0.1) is 0 Å². The van der Waals surface area contributed by atoms with Gasteiger partial charge in [0.25, 0.3) is 0 Å². The zero-order valence-electron chi connectivity index (χ0n) is 13.4. The number of H-pyrrole nitrogens is 1. The van der Waals surface area contributed by atoms with Crippen molar-refractivity contribution < 1.29 is 14.3 Å². The fourth-order valence-corrected chi connectivity index (χ4v) is 1.50. The standard InChI is InChI=1S/C13H20N5O5/c1-8(16-12(22)23-13(2,3)4)9(19)14-5-6-18-7-15-17-10(20)11(18)21/h8H,5-6H2,1-4H3,(H,14,19)(H,16,22)(H,17,20)/t8-/m0/s1. The largest absolute Gasteiger partial charge is 0.444 e. The number of carbonyl (C=O) groups excluding carboxylic acids is 2. The molecule has 1 radical (unpaired) electrons. The maximum Gasteiger partial charge on any atom is 0.408 e. The van der Waals surface area contributed by atoms with E-state index < -0.39 is 34.8 Å². The smallest absolute Gasteiger partial charge is 0.408 e. The predicted molar refractivity (Wildman–Crippen MR) is 79.8 cm³/mol. The molecule has 0 spiro atoms. The minimum Gasteiger partial charge on any atom is -0.444 e. The van der Waals surface area contributed by atoms with Gasteiger partial charge in [-0.3, -0.25) is 19.0 Å². The number of rotatable bonds is 5. The molecule has 1 aromatic heterocycles. The zero-order chi connectivity index (χ0) is 17.6. The maximum absolute atomic E-state index is 11.8. The van der Waals surface area contributed by atoms with E-state index in [4.69, 9.17) is 4.74 Å². The van der Waals surface area contributed by atoms with E-state index >= 15 is 0 Å². The lowest BCUT2D eigenvalue weighted by Gasteiger charge is -2.21. The van der Waals surface area contributed by atoms with Crippen molar-refractivity contribution >= 4 is 12.0 Å². The molecule has 1 aromatic rings. The summed E-state index contributed by atoms with van der Waals surface area (Å²) in [5, 5.41) is 10.2. The average Bonchev–Trinajstić information content (AvgIpc) is 2.41. The van der Waals surface area contributed by atoms with E-state index in [0.717, 1.165) is 4.57 Å². The van der Waals surface area contributed by atoms with Crippen LogP contribution >= 0.6 is 0 Å². The summed E-state index contributed by atoms with van der Waals surface area (Å²) < 4.78 is 5.98. The molecule has 1 heterocycles. The van der Waals surface area contributed by atoms with Gasteiger partial charge in [-0.2, -0.15) is 5.10 Å². The van der Waals surface area contributed by atoms with Gasteiger partial charge in [0, 0.05) is 13.1 Å². The number of aromatic nitrogens is 3. The molecule has 1 rings (SSSR count). The first-order chi connectivity index (χ1) is 10.6. The molecule has 0 saturated heterocycles. The normalized spacial score (nSPS) is 12.3. The number of hydrogen-bond acceptors (Lipinski definition) is 6. The summed E-state index contributed by atoms with van der Waals surface area (Å²) in [4.78, 5) is 45.8. The third-order valence-electron chi connectivity index (χ3n) is 2.53.